The van der Waals surface area contributed by atoms with E-state index in [1.54, 1.807) is 0 Å². The molecule has 1 spiro atoms. The lowest BCUT2D eigenvalue weighted by Gasteiger charge is -2.47. The van der Waals surface area contributed by atoms with Crippen LogP contribution in [-0.4, -0.2) is 60.3 Å². The Balaban J connectivity index is 1.20. The largest absolute Gasteiger partial charge is 0.381 e. The van der Waals surface area contributed by atoms with Crippen LogP contribution < -0.4 is 0 Å². The molecule has 0 N–H and O–H groups in total. The Labute approximate surface area is 154 Å². The van der Waals surface area contributed by atoms with Gasteiger partial charge in [-0.05, 0) is 30.7 Å². The van der Waals surface area contributed by atoms with E-state index in [1.165, 1.54) is 0 Å². The molecule has 136 valence electrons. The Hall–Kier alpha value is -1.04. The number of rotatable bonds is 5. The third-order valence-electron chi connectivity index (χ3n) is 5.59. The van der Waals surface area contributed by atoms with Crippen molar-refractivity contribution in [2.75, 3.05) is 38.7 Å². The first-order valence-electron chi connectivity index (χ1n) is 9.37. The normalized spacial score (nSPS) is 25.9. The highest BCUT2D eigenvalue weighted by Gasteiger charge is 2.50. The first kappa shape index (κ1) is 17.4. The molecule has 0 aliphatic carbocycles. The van der Waals surface area contributed by atoms with Crippen LogP contribution in [0.25, 0.3) is 0 Å². The van der Waals surface area contributed by atoms with Gasteiger partial charge >= 0.3 is 0 Å². The molecule has 5 heteroatoms. The molecule has 1 aromatic carbocycles. The van der Waals surface area contributed by atoms with Crippen LogP contribution in [0.3, 0.4) is 0 Å². The number of amides is 1. The minimum Gasteiger partial charge on any atom is -0.381 e. The highest BCUT2D eigenvalue weighted by Crippen LogP contribution is 2.46. The number of hydrogen-bond donors (Lipinski definition) is 0. The molecule has 0 radical (unpaired) electrons. The van der Waals surface area contributed by atoms with Gasteiger partial charge in [-0.1, -0.05) is 30.3 Å². The van der Waals surface area contributed by atoms with E-state index in [9.17, 15) is 4.79 Å². The lowest BCUT2D eigenvalue weighted by molar-refractivity contribution is -0.136. The van der Waals surface area contributed by atoms with E-state index < -0.39 is 0 Å². The van der Waals surface area contributed by atoms with Crippen molar-refractivity contribution in [1.82, 2.24) is 4.90 Å². The standard InChI is InChI=1S/C20H27NO3S/c22-19(10-16-4-2-1-3-5-16)21-14-20(15-21)11-18(13-25-20)24-12-17-6-8-23-9-7-17/h1-5,17-18H,6-15H2/t18-/m1/s1. The van der Waals surface area contributed by atoms with E-state index >= 15 is 0 Å². The van der Waals surface area contributed by atoms with Crippen molar-refractivity contribution in [3.05, 3.63) is 35.9 Å². The summed E-state index contributed by atoms with van der Waals surface area (Å²) in [6.07, 6.45) is 4.24. The molecule has 4 nitrogen and oxygen atoms in total. The summed E-state index contributed by atoms with van der Waals surface area (Å²) in [7, 11) is 0. The number of thioether (sulfide) groups is 1. The van der Waals surface area contributed by atoms with Gasteiger partial charge in [0.1, 0.15) is 0 Å². The maximum Gasteiger partial charge on any atom is 0.227 e. The fourth-order valence-corrected chi connectivity index (χ4v) is 5.57. The minimum atomic E-state index is 0.254. The van der Waals surface area contributed by atoms with Crippen LogP contribution in [0.5, 0.6) is 0 Å². The quantitative estimate of drug-likeness (QED) is 0.808. The molecule has 1 amide bonds. The van der Waals surface area contributed by atoms with E-state index in [1.807, 2.05) is 47.0 Å². The molecule has 1 aromatic rings. The van der Waals surface area contributed by atoms with Gasteiger partial charge in [-0.3, -0.25) is 4.79 Å². The fourth-order valence-electron chi connectivity index (χ4n) is 4.02. The Bertz CT molecular complexity index is 582. The van der Waals surface area contributed by atoms with Gasteiger partial charge in [0.25, 0.3) is 0 Å². The molecule has 3 saturated heterocycles. The van der Waals surface area contributed by atoms with Crippen LogP contribution >= 0.6 is 11.8 Å². The molecule has 3 fully saturated rings. The summed E-state index contributed by atoms with van der Waals surface area (Å²) >= 11 is 2.01. The van der Waals surface area contributed by atoms with Crippen LogP contribution in [0.4, 0.5) is 0 Å². The van der Waals surface area contributed by atoms with E-state index in [0.29, 0.717) is 18.4 Å². The van der Waals surface area contributed by atoms with Crippen molar-refractivity contribution >= 4 is 17.7 Å². The minimum absolute atomic E-state index is 0.254. The zero-order valence-electron chi connectivity index (χ0n) is 14.7. The number of carbonyl (C=O) groups is 1. The number of carbonyl (C=O) groups excluding carboxylic acids is 1. The molecule has 0 bridgehead atoms. The smallest absolute Gasteiger partial charge is 0.227 e. The highest BCUT2D eigenvalue weighted by atomic mass is 32.2. The van der Waals surface area contributed by atoms with Crippen LogP contribution in [0.15, 0.2) is 30.3 Å². The van der Waals surface area contributed by atoms with Gasteiger partial charge in [-0.2, -0.15) is 0 Å². The molecule has 3 heterocycles. The maximum absolute atomic E-state index is 12.4. The van der Waals surface area contributed by atoms with Crippen LogP contribution in [0, 0.1) is 5.92 Å². The molecule has 1 atom stereocenters. The topological polar surface area (TPSA) is 38.8 Å². The van der Waals surface area contributed by atoms with E-state index in [2.05, 4.69) is 0 Å². The van der Waals surface area contributed by atoms with Crippen molar-refractivity contribution in [2.24, 2.45) is 5.92 Å². The van der Waals surface area contributed by atoms with Gasteiger partial charge in [0.2, 0.25) is 5.91 Å². The Morgan fingerprint density at radius 3 is 2.76 bits per heavy atom. The Morgan fingerprint density at radius 2 is 2.00 bits per heavy atom. The van der Waals surface area contributed by atoms with Gasteiger partial charge in [0, 0.05) is 38.7 Å². The zero-order valence-corrected chi connectivity index (χ0v) is 15.5. The molecule has 0 unspecified atom stereocenters. The van der Waals surface area contributed by atoms with Gasteiger partial charge in [-0.25, -0.2) is 0 Å². The molecule has 0 saturated carbocycles. The summed E-state index contributed by atoms with van der Waals surface area (Å²) in [5.41, 5.74) is 1.10. The molecule has 3 aliphatic heterocycles. The van der Waals surface area contributed by atoms with Gasteiger partial charge in [0.05, 0.1) is 17.3 Å². The third-order valence-corrected chi connectivity index (χ3v) is 7.17. The first-order valence-corrected chi connectivity index (χ1v) is 10.4. The number of nitrogens with zero attached hydrogens (tertiary/aromatic N) is 1. The van der Waals surface area contributed by atoms with E-state index in [-0.39, 0.29) is 10.7 Å². The number of likely N-dealkylation sites (tertiary alicyclic amines) is 1. The SMILES string of the molecule is O=C(Cc1ccccc1)N1CC2(C[C@@H](OCC3CCOCC3)CS2)C1. The van der Waals surface area contributed by atoms with E-state index in [4.69, 9.17) is 9.47 Å². The third kappa shape index (κ3) is 4.21. The Kier molecular flexibility index (Phi) is 5.34. The van der Waals surface area contributed by atoms with Crippen molar-refractivity contribution in [1.29, 1.82) is 0 Å². The van der Waals surface area contributed by atoms with E-state index in [0.717, 1.165) is 63.5 Å². The summed E-state index contributed by atoms with van der Waals surface area (Å²) in [5, 5.41) is 0. The second-order valence-electron chi connectivity index (χ2n) is 7.62. The highest BCUT2D eigenvalue weighted by molar-refractivity contribution is 8.01. The van der Waals surface area contributed by atoms with Crippen molar-refractivity contribution in [2.45, 2.75) is 36.5 Å². The molecular weight excluding hydrogens is 334 g/mol. The van der Waals surface area contributed by atoms with Crippen LogP contribution in [0.2, 0.25) is 0 Å². The predicted molar refractivity (Wildman–Crippen MR) is 99.8 cm³/mol. The maximum atomic E-state index is 12.4. The summed E-state index contributed by atoms with van der Waals surface area (Å²) in [5.74, 6) is 1.99. The number of ether oxygens (including phenoxy) is 2. The fraction of sp³-hybridized carbons (Fsp3) is 0.650. The average molecular weight is 362 g/mol. The summed E-state index contributed by atoms with van der Waals surface area (Å²) < 4.78 is 11.9. The predicted octanol–water partition coefficient (Wildman–Crippen LogP) is 2.76. The van der Waals surface area contributed by atoms with Crippen molar-refractivity contribution in [3.63, 3.8) is 0 Å². The first-order chi connectivity index (χ1) is 12.2. The van der Waals surface area contributed by atoms with Gasteiger partial charge in [0.15, 0.2) is 0 Å². The molecular formula is C20H27NO3S. The van der Waals surface area contributed by atoms with Gasteiger partial charge in [-0.15, -0.1) is 11.8 Å². The van der Waals surface area contributed by atoms with Crippen molar-refractivity contribution in [3.8, 4) is 0 Å². The molecule has 25 heavy (non-hydrogen) atoms. The summed E-state index contributed by atoms with van der Waals surface area (Å²) in [6.45, 7) is 4.42. The lowest BCUT2D eigenvalue weighted by Crippen LogP contribution is -2.61. The molecule has 0 aromatic heterocycles. The Morgan fingerprint density at radius 1 is 1.24 bits per heavy atom. The lowest BCUT2D eigenvalue weighted by atomic mass is 9.92. The number of benzene rings is 1. The van der Waals surface area contributed by atoms with Crippen LogP contribution in [-0.2, 0) is 20.7 Å². The van der Waals surface area contributed by atoms with Gasteiger partial charge < -0.3 is 14.4 Å². The number of hydrogen-bond acceptors (Lipinski definition) is 4. The zero-order chi connectivity index (χ0) is 17.1. The van der Waals surface area contributed by atoms with Crippen molar-refractivity contribution < 1.29 is 14.3 Å². The second-order valence-corrected chi connectivity index (χ2v) is 9.11. The monoisotopic (exact) mass is 361 g/mol. The summed E-state index contributed by atoms with van der Waals surface area (Å²) in [6, 6.07) is 10.0. The summed E-state index contributed by atoms with van der Waals surface area (Å²) in [4.78, 5) is 14.4. The average Bonchev–Trinajstić information content (AvgIpc) is 3.05. The van der Waals surface area contributed by atoms with Crippen LogP contribution in [0.1, 0.15) is 24.8 Å². The molecule has 4 rings (SSSR count). The molecule has 3 aliphatic rings. The second kappa shape index (κ2) is 7.68.